The van der Waals surface area contributed by atoms with Crippen LogP contribution in [0.25, 0.3) is 16.0 Å². The average molecular weight is 468 g/mol. The molecule has 1 aromatic carbocycles. The van der Waals surface area contributed by atoms with E-state index >= 15 is 0 Å². The molecule has 1 atom stereocenters. The molecular formula is C25H30FN5OS. The van der Waals surface area contributed by atoms with Crippen molar-refractivity contribution in [2.75, 3.05) is 24.5 Å². The zero-order valence-electron chi connectivity index (χ0n) is 19.0. The first-order valence-corrected chi connectivity index (χ1v) is 12.7. The fraction of sp³-hybridized carbons (Fsp3) is 0.480. The van der Waals surface area contributed by atoms with Gasteiger partial charge in [-0.3, -0.25) is 4.79 Å². The SMILES string of the molecule is Cc1nn(-c2ccc(F)cc2)c2nc(N3CCC[C@H](C(=O)NCCC4=CCCCC4)C3)sc12. The standard InChI is InChI=1S/C25H30FN5OS/c1-17-22-23(31(29-17)21-11-9-20(26)10-12-21)28-25(33-22)30-15-5-8-19(16-30)24(32)27-14-13-18-6-3-2-4-7-18/h6,9-12,19H,2-5,7-8,13-16H2,1H3,(H,27,32)/t19-/m0/s1. The molecule has 174 valence electrons. The quantitative estimate of drug-likeness (QED) is 0.509. The molecule has 1 amide bonds. The predicted octanol–water partition coefficient (Wildman–Crippen LogP) is 5.15. The Morgan fingerprint density at radius 3 is 2.88 bits per heavy atom. The number of amides is 1. The summed E-state index contributed by atoms with van der Waals surface area (Å²) in [5.41, 5.74) is 3.97. The van der Waals surface area contributed by atoms with Gasteiger partial charge in [-0.1, -0.05) is 23.0 Å². The number of carbonyl (C=O) groups excluding carboxylic acids is 1. The van der Waals surface area contributed by atoms with Crippen LogP contribution in [0.4, 0.5) is 9.52 Å². The van der Waals surface area contributed by atoms with Crippen LogP contribution in [0.1, 0.15) is 50.6 Å². The number of carbonyl (C=O) groups is 1. The molecule has 0 spiro atoms. The Kier molecular flexibility index (Phi) is 6.44. The molecule has 2 aliphatic rings. The maximum Gasteiger partial charge on any atom is 0.224 e. The number of aryl methyl sites for hydroxylation is 1. The summed E-state index contributed by atoms with van der Waals surface area (Å²) >= 11 is 1.62. The molecule has 1 N–H and O–H groups in total. The highest BCUT2D eigenvalue weighted by atomic mass is 32.1. The maximum absolute atomic E-state index is 13.4. The second-order valence-corrected chi connectivity index (χ2v) is 10.0. The highest BCUT2D eigenvalue weighted by Gasteiger charge is 2.28. The molecule has 8 heteroatoms. The van der Waals surface area contributed by atoms with Gasteiger partial charge >= 0.3 is 0 Å². The van der Waals surface area contributed by atoms with Crippen molar-refractivity contribution in [2.45, 2.75) is 51.9 Å². The van der Waals surface area contributed by atoms with Gasteiger partial charge in [0, 0.05) is 19.6 Å². The van der Waals surface area contributed by atoms with E-state index in [0.29, 0.717) is 6.54 Å². The molecule has 0 saturated carbocycles. The van der Waals surface area contributed by atoms with E-state index in [1.54, 1.807) is 28.2 Å². The van der Waals surface area contributed by atoms with Gasteiger partial charge in [-0.05, 0) is 76.1 Å². The molecule has 1 saturated heterocycles. The smallest absolute Gasteiger partial charge is 0.224 e. The molecule has 6 nitrogen and oxygen atoms in total. The van der Waals surface area contributed by atoms with E-state index in [4.69, 9.17) is 4.98 Å². The molecule has 3 heterocycles. The van der Waals surface area contributed by atoms with Crippen LogP contribution in [-0.4, -0.2) is 40.3 Å². The number of nitrogens with zero attached hydrogens (tertiary/aromatic N) is 4. The van der Waals surface area contributed by atoms with Crippen LogP contribution in [0.2, 0.25) is 0 Å². The number of hydrogen-bond acceptors (Lipinski definition) is 5. The van der Waals surface area contributed by atoms with Crippen molar-refractivity contribution in [1.29, 1.82) is 0 Å². The number of piperidine rings is 1. The molecule has 2 aromatic heterocycles. The number of allylic oxidation sites excluding steroid dienone is 1. The van der Waals surface area contributed by atoms with E-state index < -0.39 is 0 Å². The normalized spacial score (nSPS) is 19.0. The van der Waals surface area contributed by atoms with Gasteiger partial charge in [-0.25, -0.2) is 9.07 Å². The Morgan fingerprint density at radius 2 is 2.09 bits per heavy atom. The molecule has 0 bridgehead atoms. The lowest BCUT2D eigenvalue weighted by Crippen LogP contribution is -2.43. The van der Waals surface area contributed by atoms with E-state index in [2.05, 4.69) is 21.4 Å². The summed E-state index contributed by atoms with van der Waals surface area (Å²) in [6, 6.07) is 6.30. The van der Waals surface area contributed by atoms with E-state index in [-0.39, 0.29) is 17.6 Å². The van der Waals surface area contributed by atoms with Crippen LogP contribution < -0.4 is 10.2 Å². The number of halogens is 1. The van der Waals surface area contributed by atoms with E-state index in [0.717, 1.165) is 59.2 Å². The zero-order valence-corrected chi connectivity index (χ0v) is 19.8. The molecule has 0 unspecified atom stereocenters. The number of rotatable bonds is 6. The summed E-state index contributed by atoms with van der Waals surface area (Å²) in [5.74, 6) is -0.127. The fourth-order valence-electron chi connectivity index (χ4n) is 4.81. The third-order valence-electron chi connectivity index (χ3n) is 6.64. The van der Waals surface area contributed by atoms with Crippen LogP contribution in [0, 0.1) is 18.7 Å². The highest BCUT2D eigenvalue weighted by molar-refractivity contribution is 7.22. The van der Waals surface area contributed by atoms with Crippen molar-refractivity contribution in [3.63, 3.8) is 0 Å². The lowest BCUT2D eigenvalue weighted by atomic mass is 9.96. The Morgan fingerprint density at radius 1 is 1.24 bits per heavy atom. The summed E-state index contributed by atoms with van der Waals surface area (Å²) in [4.78, 5) is 20.0. The van der Waals surface area contributed by atoms with Gasteiger partial charge in [0.25, 0.3) is 0 Å². The lowest BCUT2D eigenvalue weighted by molar-refractivity contribution is -0.125. The van der Waals surface area contributed by atoms with Gasteiger partial charge in [0.15, 0.2) is 10.8 Å². The molecule has 33 heavy (non-hydrogen) atoms. The maximum atomic E-state index is 13.4. The van der Waals surface area contributed by atoms with Crippen molar-refractivity contribution in [3.05, 3.63) is 47.4 Å². The first-order valence-electron chi connectivity index (χ1n) is 11.9. The second kappa shape index (κ2) is 9.63. The van der Waals surface area contributed by atoms with Gasteiger partial charge in [-0.2, -0.15) is 10.1 Å². The fourth-order valence-corrected chi connectivity index (χ4v) is 5.83. The number of benzene rings is 1. The van der Waals surface area contributed by atoms with E-state index in [1.807, 2.05) is 6.92 Å². The summed E-state index contributed by atoms with van der Waals surface area (Å²) in [7, 11) is 0. The number of thiazole rings is 1. The Bertz CT molecular complexity index is 1170. The van der Waals surface area contributed by atoms with Crippen LogP contribution in [0.3, 0.4) is 0 Å². The first kappa shape index (κ1) is 22.1. The minimum Gasteiger partial charge on any atom is -0.355 e. The van der Waals surface area contributed by atoms with Crippen LogP contribution >= 0.6 is 11.3 Å². The summed E-state index contributed by atoms with van der Waals surface area (Å²) in [5, 5.41) is 8.70. The molecule has 1 aliphatic carbocycles. The summed E-state index contributed by atoms with van der Waals surface area (Å²) in [6.45, 7) is 4.29. The number of nitrogens with one attached hydrogen (secondary N) is 1. The van der Waals surface area contributed by atoms with Crippen molar-refractivity contribution >= 4 is 32.7 Å². The van der Waals surface area contributed by atoms with Crippen LogP contribution in [-0.2, 0) is 4.79 Å². The monoisotopic (exact) mass is 467 g/mol. The molecule has 3 aromatic rings. The Labute approximate surface area is 197 Å². The van der Waals surface area contributed by atoms with Crippen molar-refractivity contribution < 1.29 is 9.18 Å². The lowest BCUT2D eigenvalue weighted by Gasteiger charge is -2.31. The largest absolute Gasteiger partial charge is 0.355 e. The zero-order chi connectivity index (χ0) is 22.8. The topological polar surface area (TPSA) is 63.1 Å². The van der Waals surface area contributed by atoms with Gasteiger partial charge in [0.1, 0.15) is 5.82 Å². The van der Waals surface area contributed by atoms with Gasteiger partial charge in [0.2, 0.25) is 5.91 Å². The average Bonchev–Trinajstić information content (AvgIpc) is 3.41. The van der Waals surface area contributed by atoms with Crippen molar-refractivity contribution in [3.8, 4) is 5.69 Å². The number of aromatic nitrogens is 3. The van der Waals surface area contributed by atoms with Crippen LogP contribution in [0.5, 0.6) is 0 Å². The minimum atomic E-state index is -0.272. The molecular weight excluding hydrogens is 437 g/mol. The molecule has 1 fully saturated rings. The Balaban J connectivity index is 1.26. The summed E-state index contributed by atoms with van der Waals surface area (Å²) in [6.07, 6.45) is 10.1. The number of anilines is 1. The predicted molar refractivity (Wildman–Crippen MR) is 131 cm³/mol. The molecule has 0 radical (unpaired) electrons. The number of hydrogen-bond donors (Lipinski definition) is 1. The van der Waals surface area contributed by atoms with Gasteiger partial charge in [0.05, 0.1) is 22.0 Å². The van der Waals surface area contributed by atoms with Gasteiger partial charge < -0.3 is 10.2 Å². The third-order valence-corrected chi connectivity index (χ3v) is 7.86. The second-order valence-electron chi connectivity index (χ2n) is 9.06. The third kappa shape index (κ3) is 4.81. The van der Waals surface area contributed by atoms with E-state index in [9.17, 15) is 9.18 Å². The highest BCUT2D eigenvalue weighted by Crippen LogP contribution is 2.34. The van der Waals surface area contributed by atoms with Crippen LogP contribution in [0.15, 0.2) is 35.9 Å². The van der Waals surface area contributed by atoms with E-state index in [1.165, 1.54) is 43.4 Å². The molecule has 5 rings (SSSR count). The van der Waals surface area contributed by atoms with Gasteiger partial charge in [-0.15, -0.1) is 0 Å². The summed E-state index contributed by atoms with van der Waals surface area (Å²) < 4.78 is 16.2. The van der Waals surface area contributed by atoms with Crippen molar-refractivity contribution in [2.24, 2.45) is 5.92 Å². The minimum absolute atomic E-state index is 0.0132. The first-order chi connectivity index (χ1) is 16.1. The molecule has 1 aliphatic heterocycles. The number of fused-ring (bicyclic) bond motifs is 1. The Hall–Kier alpha value is -2.74. The van der Waals surface area contributed by atoms with Crippen molar-refractivity contribution in [1.82, 2.24) is 20.1 Å².